The summed E-state index contributed by atoms with van der Waals surface area (Å²) < 4.78 is 7.48. The molecule has 1 amide bonds. The van der Waals surface area contributed by atoms with Gasteiger partial charge >= 0.3 is 0 Å². The van der Waals surface area contributed by atoms with Crippen LogP contribution in [-0.4, -0.2) is 26.4 Å². The van der Waals surface area contributed by atoms with Gasteiger partial charge in [-0.05, 0) is 60.7 Å². The average Bonchev–Trinajstić information content (AvgIpc) is 3.45. The number of carbonyl (C=O) groups excluding carboxylic acids is 1. The van der Waals surface area contributed by atoms with Crippen molar-refractivity contribution in [1.82, 2.24) is 14.8 Å². The lowest BCUT2D eigenvalue weighted by Gasteiger charge is -2.09. The molecule has 0 saturated heterocycles. The van der Waals surface area contributed by atoms with Crippen LogP contribution in [0.2, 0.25) is 0 Å². The zero-order chi connectivity index (χ0) is 20.2. The summed E-state index contributed by atoms with van der Waals surface area (Å²) in [6, 6.07) is 13.7. The summed E-state index contributed by atoms with van der Waals surface area (Å²) in [7, 11) is 0. The first-order chi connectivity index (χ1) is 14.1. The summed E-state index contributed by atoms with van der Waals surface area (Å²) in [6.45, 7) is 4.59. The monoisotopic (exact) mass is 424 g/mol. The second kappa shape index (κ2) is 8.67. The zero-order valence-corrected chi connectivity index (χ0v) is 17.7. The van der Waals surface area contributed by atoms with E-state index in [0.29, 0.717) is 11.7 Å². The van der Waals surface area contributed by atoms with Crippen LogP contribution in [-0.2, 0) is 11.3 Å². The van der Waals surface area contributed by atoms with E-state index in [1.165, 1.54) is 17.3 Å². The first-order valence-electron chi connectivity index (χ1n) is 9.09. The van der Waals surface area contributed by atoms with Gasteiger partial charge in [-0.15, -0.1) is 21.5 Å². The standard InChI is InChI=1S/C21H20N4O2S2/c1-14-7-8-16(11-15(14)2)22-19(26)13-29-21-24-23-20(18-6-4-10-28-18)25(21)12-17-5-3-9-27-17/h3-11H,12-13H2,1-2H3,(H,22,26). The van der Waals surface area contributed by atoms with Crippen molar-refractivity contribution in [3.8, 4) is 10.7 Å². The van der Waals surface area contributed by atoms with Crippen molar-refractivity contribution in [2.75, 3.05) is 11.1 Å². The number of carbonyl (C=O) groups is 1. The fourth-order valence-corrected chi connectivity index (χ4v) is 4.29. The maximum absolute atomic E-state index is 12.4. The number of aromatic nitrogens is 3. The highest BCUT2D eigenvalue weighted by Gasteiger charge is 2.17. The van der Waals surface area contributed by atoms with Gasteiger partial charge in [-0.25, -0.2) is 0 Å². The number of nitrogens with zero attached hydrogens (tertiary/aromatic N) is 3. The Balaban J connectivity index is 1.49. The Morgan fingerprint density at radius 1 is 1.17 bits per heavy atom. The number of furan rings is 1. The summed E-state index contributed by atoms with van der Waals surface area (Å²) in [5.74, 6) is 1.74. The van der Waals surface area contributed by atoms with Crippen LogP contribution >= 0.6 is 23.1 Å². The number of thiophene rings is 1. The molecule has 8 heteroatoms. The molecule has 1 N–H and O–H groups in total. The summed E-state index contributed by atoms with van der Waals surface area (Å²) in [6.07, 6.45) is 1.65. The van der Waals surface area contributed by atoms with Crippen molar-refractivity contribution in [3.05, 3.63) is 71.0 Å². The molecule has 3 aromatic heterocycles. The third-order valence-electron chi connectivity index (χ3n) is 4.48. The van der Waals surface area contributed by atoms with Gasteiger partial charge in [-0.1, -0.05) is 23.9 Å². The molecular weight excluding hydrogens is 404 g/mol. The Kier molecular flexibility index (Phi) is 5.82. The van der Waals surface area contributed by atoms with Crippen molar-refractivity contribution < 1.29 is 9.21 Å². The quantitative estimate of drug-likeness (QED) is 0.423. The molecule has 1 aromatic carbocycles. The minimum Gasteiger partial charge on any atom is -0.467 e. The molecule has 0 saturated carbocycles. The van der Waals surface area contributed by atoms with E-state index in [0.717, 1.165) is 27.7 Å². The van der Waals surface area contributed by atoms with Gasteiger partial charge in [0.25, 0.3) is 0 Å². The highest BCUT2D eigenvalue weighted by atomic mass is 32.2. The van der Waals surface area contributed by atoms with E-state index in [1.807, 2.05) is 66.3 Å². The maximum Gasteiger partial charge on any atom is 0.234 e. The van der Waals surface area contributed by atoms with E-state index in [2.05, 4.69) is 15.5 Å². The summed E-state index contributed by atoms with van der Waals surface area (Å²) in [4.78, 5) is 13.5. The van der Waals surface area contributed by atoms with Gasteiger partial charge in [0.05, 0.1) is 23.4 Å². The number of hydrogen-bond acceptors (Lipinski definition) is 6. The molecule has 0 unspecified atom stereocenters. The van der Waals surface area contributed by atoms with E-state index >= 15 is 0 Å². The summed E-state index contributed by atoms with van der Waals surface area (Å²) in [5.41, 5.74) is 3.15. The van der Waals surface area contributed by atoms with Gasteiger partial charge in [0, 0.05) is 5.69 Å². The summed E-state index contributed by atoms with van der Waals surface area (Å²) >= 11 is 2.96. The first kappa shape index (κ1) is 19.5. The number of anilines is 1. The van der Waals surface area contributed by atoms with Crippen LogP contribution in [0.1, 0.15) is 16.9 Å². The van der Waals surface area contributed by atoms with E-state index < -0.39 is 0 Å². The number of hydrogen-bond donors (Lipinski definition) is 1. The lowest BCUT2D eigenvalue weighted by Crippen LogP contribution is -2.15. The van der Waals surface area contributed by atoms with Crippen molar-refractivity contribution in [2.45, 2.75) is 25.5 Å². The van der Waals surface area contributed by atoms with Crippen LogP contribution < -0.4 is 5.32 Å². The summed E-state index contributed by atoms with van der Waals surface area (Å²) in [5, 5.41) is 14.3. The second-order valence-electron chi connectivity index (χ2n) is 6.58. The minimum absolute atomic E-state index is 0.0801. The lowest BCUT2D eigenvalue weighted by molar-refractivity contribution is -0.113. The van der Waals surface area contributed by atoms with Gasteiger partial charge in [-0.2, -0.15) is 0 Å². The Morgan fingerprint density at radius 2 is 2.07 bits per heavy atom. The fourth-order valence-electron chi connectivity index (χ4n) is 2.83. The van der Waals surface area contributed by atoms with Crippen molar-refractivity contribution in [2.24, 2.45) is 0 Å². The molecule has 0 radical (unpaired) electrons. The van der Waals surface area contributed by atoms with Crippen molar-refractivity contribution >= 4 is 34.7 Å². The molecule has 0 aliphatic rings. The van der Waals surface area contributed by atoms with Crippen LogP contribution in [0.3, 0.4) is 0 Å². The molecule has 3 heterocycles. The number of amides is 1. The number of nitrogens with one attached hydrogen (secondary N) is 1. The van der Waals surface area contributed by atoms with Gasteiger partial charge in [0.1, 0.15) is 5.76 Å². The molecule has 0 atom stereocenters. The lowest BCUT2D eigenvalue weighted by atomic mass is 10.1. The molecule has 29 heavy (non-hydrogen) atoms. The van der Waals surface area contributed by atoms with Gasteiger partial charge in [-0.3, -0.25) is 9.36 Å². The Hall–Kier alpha value is -2.84. The fraction of sp³-hybridized carbons (Fsp3) is 0.190. The van der Waals surface area contributed by atoms with Gasteiger partial charge < -0.3 is 9.73 Å². The molecule has 6 nitrogen and oxygen atoms in total. The smallest absolute Gasteiger partial charge is 0.234 e. The topological polar surface area (TPSA) is 73.0 Å². The number of rotatable bonds is 7. The SMILES string of the molecule is Cc1ccc(NC(=O)CSc2nnc(-c3cccs3)n2Cc2ccco2)cc1C. The second-order valence-corrected chi connectivity index (χ2v) is 8.48. The van der Waals surface area contributed by atoms with Crippen LogP contribution in [0.25, 0.3) is 10.7 Å². The predicted molar refractivity (Wildman–Crippen MR) is 116 cm³/mol. The van der Waals surface area contributed by atoms with Gasteiger partial charge in [0.15, 0.2) is 11.0 Å². The van der Waals surface area contributed by atoms with E-state index in [4.69, 9.17) is 4.42 Å². The third kappa shape index (κ3) is 4.60. The number of thioether (sulfide) groups is 1. The maximum atomic E-state index is 12.4. The largest absolute Gasteiger partial charge is 0.467 e. The number of benzene rings is 1. The molecular formula is C21H20N4O2S2. The van der Waals surface area contributed by atoms with Crippen molar-refractivity contribution in [3.63, 3.8) is 0 Å². The van der Waals surface area contributed by atoms with Crippen LogP contribution in [0.15, 0.2) is 63.7 Å². The minimum atomic E-state index is -0.0801. The predicted octanol–water partition coefficient (Wildman–Crippen LogP) is 5.00. The van der Waals surface area contributed by atoms with Crippen LogP contribution in [0.5, 0.6) is 0 Å². The van der Waals surface area contributed by atoms with Crippen LogP contribution in [0, 0.1) is 13.8 Å². The molecule has 148 valence electrons. The van der Waals surface area contributed by atoms with Crippen molar-refractivity contribution in [1.29, 1.82) is 0 Å². The highest BCUT2D eigenvalue weighted by Crippen LogP contribution is 2.28. The Labute approximate surface area is 177 Å². The normalized spacial score (nSPS) is 11.0. The molecule has 0 fully saturated rings. The van der Waals surface area contributed by atoms with E-state index in [-0.39, 0.29) is 11.7 Å². The van der Waals surface area contributed by atoms with Gasteiger partial charge in [0.2, 0.25) is 5.91 Å². The van der Waals surface area contributed by atoms with E-state index in [1.54, 1.807) is 17.6 Å². The molecule has 0 aliphatic heterocycles. The molecule has 4 rings (SSSR count). The number of aryl methyl sites for hydroxylation is 2. The molecule has 4 aromatic rings. The Bertz CT molecular complexity index is 1100. The van der Waals surface area contributed by atoms with Crippen LogP contribution in [0.4, 0.5) is 5.69 Å². The molecule has 0 bridgehead atoms. The van der Waals surface area contributed by atoms with E-state index in [9.17, 15) is 4.79 Å². The first-order valence-corrected chi connectivity index (χ1v) is 11.0. The zero-order valence-electron chi connectivity index (χ0n) is 16.1. The third-order valence-corrected chi connectivity index (χ3v) is 6.31. The Morgan fingerprint density at radius 3 is 2.79 bits per heavy atom. The highest BCUT2D eigenvalue weighted by molar-refractivity contribution is 7.99. The molecule has 0 aliphatic carbocycles. The molecule has 0 spiro atoms. The average molecular weight is 425 g/mol.